The summed E-state index contributed by atoms with van der Waals surface area (Å²) >= 11 is 0. The standard InChI is InChI=1S/C15H17N5O/c1-3-20-9-8-16-14(20)10-17-13-7-5-4-6-12(13)15-18-11(2)19-21-15/h4-9,17H,3,10H2,1-2H3. The van der Waals surface area contributed by atoms with Crippen LogP contribution >= 0.6 is 0 Å². The van der Waals surface area contributed by atoms with Gasteiger partial charge in [-0.25, -0.2) is 4.98 Å². The summed E-state index contributed by atoms with van der Waals surface area (Å²) in [5.41, 5.74) is 1.85. The lowest BCUT2D eigenvalue weighted by atomic mass is 10.1. The molecule has 0 bridgehead atoms. The van der Waals surface area contributed by atoms with Crippen LogP contribution in [0.3, 0.4) is 0 Å². The van der Waals surface area contributed by atoms with Crippen LogP contribution in [0.4, 0.5) is 5.69 Å². The van der Waals surface area contributed by atoms with Gasteiger partial charge in [0, 0.05) is 24.6 Å². The lowest BCUT2D eigenvalue weighted by Crippen LogP contribution is -2.08. The Kier molecular flexibility index (Phi) is 3.68. The smallest absolute Gasteiger partial charge is 0.260 e. The van der Waals surface area contributed by atoms with Gasteiger partial charge in [0.25, 0.3) is 5.89 Å². The van der Waals surface area contributed by atoms with Crippen molar-refractivity contribution in [2.45, 2.75) is 26.9 Å². The number of anilines is 1. The molecule has 6 nitrogen and oxygen atoms in total. The molecule has 1 N–H and O–H groups in total. The number of para-hydroxylation sites is 1. The summed E-state index contributed by atoms with van der Waals surface area (Å²) in [6, 6.07) is 7.88. The van der Waals surface area contributed by atoms with E-state index in [1.807, 2.05) is 36.7 Å². The van der Waals surface area contributed by atoms with Crippen LogP contribution < -0.4 is 5.32 Å². The third-order valence-corrected chi connectivity index (χ3v) is 3.26. The minimum absolute atomic E-state index is 0.523. The largest absolute Gasteiger partial charge is 0.377 e. The highest BCUT2D eigenvalue weighted by Gasteiger charge is 2.11. The van der Waals surface area contributed by atoms with E-state index in [1.54, 1.807) is 6.92 Å². The first-order chi connectivity index (χ1) is 10.3. The van der Waals surface area contributed by atoms with Gasteiger partial charge in [-0.2, -0.15) is 4.98 Å². The summed E-state index contributed by atoms with van der Waals surface area (Å²) in [6.07, 6.45) is 3.79. The van der Waals surface area contributed by atoms with Crippen molar-refractivity contribution in [2.24, 2.45) is 0 Å². The highest BCUT2D eigenvalue weighted by molar-refractivity contribution is 5.72. The molecule has 0 radical (unpaired) electrons. The van der Waals surface area contributed by atoms with Crippen molar-refractivity contribution < 1.29 is 4.52 Å². The maximum absolute atomic E-state index is 5.25. The Morgan fingerprint density at radius 3 is 2.90 bits per heavy atom. The quantitative estimate of drug-likeness (QED) is 0.779. The van der Waals surface area contributed by atoms with Crippen LogP contribution in [-0.4, -0.2) is 19.7 Å². The summed E-state index contributed by atoms with van der Waals surface area (Å²) in [4.78, 5) is 8.64. The summed E-state index contributed by atoms with van der Waals surface area (Å²) in [5, 5.41) is 7.23. The minimum Gasteiger partial charge on any atom is -0.377 e. The Morgan fingerprint density at radius 1 is 1.29 bits per heavy atom. The Morgan fingerprint density at radius 2 is 2.14 bits per heavy atom. The molecule has 2 heterocycles. The third-order valence-electron chi connectivity index (χ3n) is 3.26. The van der Waals surface area contributed by atoms with Crippen LogP contribution in [0.2, 0.25) is 0 Å². The van der Waals surface area contributed by atoms with Gasteiger partial charge in [-0.05, 0) is 26.0 Å². The van der Waals surface area contributed by atoms with Crippen molar-refractivity contribution in [3.8, 4) is 11.5 Å². The Bertz CT molecular complexity index is 731. The zero-order valence-electron chi connectivity index (χ0n) is 12.1. The molecule has 0 saturated heterocycles. The van der Waals surface area contributed by atoms with Gasteiger partial charge in [-0.1, -0.05) is 17.3 Å². The average Bonchev–Trinajstić information content (AvgIpc) is 3.13. The van der Waals surface area contributed by atoms with E-state index in [9.17, 15) is 0 Å². The second kappa shape index (κ2) is 5.78. The summed E-state index contributed by atoms with van der Waals surface area (Å²) in [5.74, 6) is 2.14. The van der Waals surface area contributed by atoms with Crippen LogP contribution in [0.5, 0.6) is 0 Å². The molecule has 0 amide bonds. The van der Waals surface area contributed by atoms with Crippen molar-refractivity contribution >= 4 is 5.69 Å². The normalized spacial score (nSPS) is 10.8. The summed E-state index contributed by atoms with van der Waals surface area (Å²) in [6.45, 7) is 5.45. The van der Waals surface area contributed by atoms with Gasteiger partial charge >= 0.3 is 0 Å². The number of hydrogen-bond acceptors (Lipinski definition) is 5. The van der Waals surface area contributed by atoms with E-state index in [4.69, 9.17) is 4.52 Å². The molecule has 0 aliphatic heterocycles. The predicted molar refractivity (Wildman–Crippen MR) is 79.7 cm³/mol. The van der Waals surface area contributed by atoms with Crippen molar-refractivity contribution in [2.75, 3.05) is 5.32 Å². The maximum atomic E-state index is 5.25. The molecule has 0 aliphatic rings. The number of nitrogens with one attached hydrogen (secondary N) is 1. The molecular formula is C15H17N5O. The molecule has 3 rings (SSSR count). The van der Waals surface area contributed by atoms with Gasteiger partial charge in [-0.3, -0.25) is 0 Å². The first kappa shape index (κ1) is 13.4. The van der Waals surface area contributed by atoms with Gasteiger partial charge in [0.15, 0.2) is 5.82 Å². The fraction of sp³-hybridized carbons (Fsp3) is 0.267. The van der Waals surface area contributed by atoms with Crippen LogP contribution in [0, 0.1) is 6.92 Å². The SMILES string of the molecule is CCn1ccnc1CNc1ccccc1-c1nc(C)no1. The molecule has 0 atom stereocenters. The molecule has 108 valence electrons. The van der Waals surface area contributed by atoms with Gasteiger partial charge < -0.3 is 14.4 Å². The first-order valence-electron chi connectivity index (χ1n) is 6.91. The fourth-order valence-electron chi connectivity index (χ4n) is 2.20. The average molecular weight is 283 g/mol. The van der Waals surface area contributed by atoms with Crippen LogP contribution in [-0.2, 0) is 13.1 Å². The first-order valence-corrected chi connectivity index (χ1v) is 6.91. The molecule has 3 aromatic rings. The molecular weight excluding hydrogens is 266 g/mol. The number of nitrogens with zero attached hydrogens (tertiary/aromatic N) is 4. The van der Waals surface area contributed by atoms with Crippen molar-refractivity contribution in [1.82, 2.24) is 19.7 Å². The lowest BCUT2D eigenvalue weighted by Gasteiger charge is -2.10. The number of hydrogen-bond donors (Lipinski definition) is 1. The molecule has 0 spiro atoms. The molecule has 21 heavy (non-hydrogen) atoms. The predicted octanol–water partition coefficient (Wildman–Crippen LogP) is 2.87. The monoisotopic (exact) mass is 283 g/mol. The summed E-state index contributed by atoms with van der Waals surface area (Å²) in [7, 11) is 0. The highest BCUT2D eigenvalue weighted by Crippen LogP contribution is 2.26. The molecule has 0 fully saturated rings. The van der Waals surface area contributed by atoms with E-state index in [0.717, 1.165) is 23.6 Å². The van der Waals surface area contributed by atoms with Crippen molar-refractivity contribution in [3.63, 3.8) is 0 Å². The zero-order valence-corrected chi connectivity index (χ0v) is 12.1. The highest BCUT2D eigenvalue weighted by atomic mass is 16.5. The van der Waals surface area contributed by atoms with E-state index in [0.29, 0.717) is 18.3 Å². The van der Waals surface area contributed by atoms with E-state index in [2.05, 4.69) is 31.9 Å². The molecule has 0 aliphatic carbocycles. The number of aryl methyl sites for hydroxylation is 2. The minimum atomic E-state index is 0.523. The molecule has 0 unspecified atom stereocenters. The lowest BCUT2D eigenvalue weighted by molar-refractivity contribution is 0.426. The van der Waals surface area contributed by atoms with Crippen LogP contribution in [0.25, 0.3) is 11.5 Å². The molecule has 6 heteroatoms. The Hall–Kier alpha value is -2.63. The van der Waals surface area contributed by atoms with Crippen LogP contribution in [0.15, 0.2) is 41.2 Å². The number of imidazole rings is 1. The Balaban J connectivity index is 1.83. The third kappa shape index (κ3) is 2.79. The topological polar surface area (TPSA) is 68.8 Å². The number of aromatic nitrogens is 4. The Labute approximate surface area is 122 Å². The van der Waals surface area contributed by atoms with Gasteiger partial charge in [0.2, 0.25) is 0 Å². The van der Waals surface area contributed by atoms with Crippen LogP contribution in [0.1, 0.15) is 18.6 Å². The number of rotatable bonds is 5. The van der Waals surface area contributed by atoms with E-state index < -0.39 is 0 Å². The van der Waals surface area contributed by atoms with E-state index >= 15 is 0 Å². The zero-order chi connectivity index (χ0) is 14.7. The maximum Gasteiger partial charge on any atom is 0.260 e. The van der Waals surface area contributed by atoms with E-state index in [1.165, 1.54) is 0 Å². The van der Waals surface area contributed by atoms with Gasteiger partial charge in [0.1, 0.15) is 5.82 Å². The molecule has 1 aromatic carbocycles. The van der Waals surface area contributed by atoms with Gasteiger partial charge in [0.05, 0.1) is 12.1 Å². The number of benzene rings is 1. The van der Waals surface area contributed by atoms with Crippen molar-refractivity contribution in [1.29, 1.82) is 0 Å². The fourth-order valence-corrected chi connectivity index (χ4v) is 2.20. The second-order valence-electron chi connectivity index (χ2n) is 4.68. The second-order valence-corrected chi connectivity index (χ2v) is 4.68. The van der Waals surface area contributed by atoms with Gasteiger partial charge in [-0.15, -0.1) is 0 Å². The van der Waals surface area contributed by atoms with Crippen molar-refractivity contribution in [3.05, 3.63) is 48.3 Å². The molecule has 2 aromatic heterocycles. The molecule has 0 saturated carbocycles. The summed E-state index contributed by atoms with van der Waals surface area (Å²) < 4.78 is 7.35. The van der Waals surface area contributed by atoms with E-state index in [-0.39, 0.29) is 0 Å².